The van der Waals surface area contributed by atoms with Crippen LogP contribution >= 0.6 is 0 Å². The maximum Gasteiger partial charge on any atom is 0.248 e. The Balaban J connectivity index is 1.99. The molecule has 0 fully saturated rings. The van der Waals surface area contributed by atoms with Gasteiger partial charge < -0.3 is 5.32 Å². The molecule has 2 aromatic rings. The highest BCUT2D eigenvalue weighted by Crippen LogP contribution is 2.10. The van der Waals surface area contributed by atoms with Crippen LogP contribution in [0.2, 0.25) is 0 Å². The second-order valence-corrected chi connectivity index (χ2v) is 4.24. The van der Waals surface area contributed by atoms with Crippen LogP contribution in [0.15, 0.2) is 54.6 Å². The van der Waals surface area contributed by atoms with E-state index in [9.17, 15) is 9.18 Å². The first-order chi connectivity index (χ1) is 9.13. The maximum atomic E-state index is 12.7. The summed E-state index contributed by atoms with van der Waals surface area (Å²) in [6.07, 6.45) is 3.07. The number of hydrogen-bond acceptors (Lipinski definition) is 1. The molecule has 3 heteroatoms. The van der Waals surface area contributed by atoms with Gasteiger partial charge in [-0.15, -0.1) is 0 Å². The molecule has 0 radical (unpaired) electrons. The lowest BCUT2D eigenvalue weighted by atomic mass is 10.2. The molecule has 19 heavy (non-hydrogen) atoms. The minimum absolute atomic E-state index is 0.213. The second-order valence-electron chi connectivity index (χ2n) is 4.24. The SMILES string of the molecule is Cc1cccc(NC(=O)C=Cc2ccc(F)cc2)c1. The Morgan fingerprint density at radius 2 is 1.89 bits per heavy atom. The van der Waals surface area contributed by atoms with Crippen LogP contribution in [-0.4, -0.2) is 5.91 Å². The van der Waals surface area contributed by atoms with Crippen molar-refractivity contribution < 1.29 is 9.18 Å². The van der Waals surface area contributed by atoms with Crippen LogP contribution in [0.25, 0.3) is 6.08 Å². The molecule has 0 atom stereocenters. The van der Waals surface area contributed by atoms with E-state index in [0.29, 0.717) is 0 Å². The van der Waals surface area contributed by atoms with Gasteiger partial charge in [-0.25, -0.2) is 4.39 Å². The largest absolute Gasteiger partial charge is 0.323 e. The number of halogens is 1. The number of carbonyl (C=O) groups is 1. The van der Waals surface area contributed by atoms with Gasteiger partial charge in [-0.3, -0.25) is 4.79 Å². The molecule has 2 rings (SSSR count). The summed E-state index contributed by atoms with van der Waals surface area (Å²) in [6.45, 7) is 1.96. The molecule has 0 aromatic heterocycles. The number of carbonyl (C=O) groups excluding carboxylic acids is 1. The number of rotatable bonds is 3. The fourth-order valence-corrected chi connectivity index (χ4v) is 1.65. The van der Waals surface area contributed by atoms with Gasteiger partial charge in [0.1, 0.15) is 5.82 Å². The lowest BCUT2D eigenvalue weighted by Gasteiger charge is -2.02. The highest BCUT2D eigenvalue weighted by molar-refractivity contribution is 6.01. The first-order valence-corrected chi connectivity index (χ1v) is 5.95. The van der Waals surface area contributed by atoms with Gasteiger partial charge in [0.15, 0.2) is 0 Å². The monoisotopic (exact) mass is 255 g/mol. The predicted molar refractivity (Wildman–Crippen MR) is 75.2 cm³/mol. The normalized spacial score (nSPS) is 10.6. The molecule has 2 nitrogen and oxygen atoms in total. The topological polar surface area (TPSA) is 29.1 Å². The number of benzene rings is 2. The minimum atomic E-state index is -0.290. The fraction of sp³-hybridized carbons (Fsp3) is 0.0625. The van der Waals surface area contributed by atoms with Crippen molar-refractivity contribution in [1.82, 2.24) is 0 Å². The van der Waals surface area contributed by atoms with E-state index < -0.39 is 0 Å². The molecule has 0 aliphatic heterocycles. The van der Waals surface area contributed by atoms with Crippen LogP contribution in [0.1, 0.15) is 11.1 Å². The van der Waals surface area contributed by atoms with Crippen LogP contribution < -0.4 is 5.32 Å². The molecule has 0 bridgehead atoms. The Morgan fingerprint density at radius 3 is 2.58 bits per heavy atom. The summed E-state index contributed by atoms with van der Waals surface area (Å²) in [7, 11) is 0. The van der Waals surface area contributed by atoms with Crippen LogP contribution in [0.3, 0.4) is 0 Å². The van der Waals surface area contributed by atoms with E-state index in [2.05, 4.69) is 5.32 Å². The number of aryl methyl sites for hydroxylation is 1. The third-order valence-corrected chi connectivity index (χ3v) is 2.58. The van der Waals surface area contributed by atoms with E-state index in [1.54, 1.807) is 18.2 Å². The van der Waals surface area contributed by atoms with Gasteiger partial charge in [0.25, 0.3) is 0 Å². The van der Waals surface area contributed by atoms with Gasteiger partial charge in [0.2, 0.25) is 5.91 Å². The van der Waals surface area contributed by atoms with E-state index in [1.165, 1.54) is 18.2 Å². The Labute approximate surface area is 111 Å². The van der Waals surface area contributed by atoms with Crippen LogP contribution in [0.4, 0.5) is 10.1 Å². The van der Waals surface area contributed by atoms with Crippen molar-refractivity contribution in [3.8, 4) is 0 Å². The van der Waals surface area contributed by atoms with Gasteiger partial charge in [-0.1, -0.05) is 24.3 Å². The first kappa shape index (κ1) is 13.0. The summed E-state index contributed by atoms with van der Waals surface area (Å²) < 4.78 is 12.7. The molecule has 0 spiro atoms. The molecular formula is C16H14FNO. The average Bonchev–Trinajstić information content (AvgIpc) is 2.38. The predicted octanol–water partition coefficient (Wildman–Crippen LogP) is 3.79. The molecule has 96 valence electrons. The van der Waals surface area contributed by atoms with Crippen molar-refractivity contribution in [3.05, 3.63) is 71.6 Å². The Morgan fingerprint density at radius 1 is 1.16 bits per heavy atom. The van der Waals surface area contributed by atoms with E-state index in [1.807, 2.05) is 31.2 Å². The Kier molecular flexibility index (Phi) is 4.08. The summed E-state index contributed by atoms with van der Waals surface area (Å²) in [5, 5.41) is 2.76. The number of amides is 1. The van der Waals surface area contributed by atoms with Gasteiger partial charge >= 0.3 is 0 Å². The highest BCUT2D eigenvalue weighted by atomic mass is 19.1. The van der Waals surface area contributed by atoms with Crippen molar-refractivity contribution >= 4 is 17.7 Å². The van der Waals surface area contributed by atoms with E-state index in [4.69, 9.17) is 0 Å². The Hall–Kier alpha value is -2.42. The lowest BCUT2D eigenvalue weighted by molar-refractivity contribution is -0.111. The molecular weight excluding hydrogens is 241 g/mol. The van der Waals surface area contributed by atoms with Gasteiger partial charge in [0.05, 0.1) is 0 Å². The number of anilines is 1. The summed E-state index contributed by atoms with van der Waals surface area (Å²) >= 11 is 0. The molecule has 0 saturated carbocycles. The Bertz CT molecular complexity index is 602. The molecule has 0 unspecified atom stereocenters. The summed E-state index contributed by atoms with van der Waals surface area (Å²) in [6, 6.07) is 13.5. The van der Waals surface area contributed by atoms with Crippen molar-refractivity contribution in [3.63, 3.8) is 0 Å². The average molecular weight is 255 g/mol. The van der Waals surface area contributed by atoms with Crippen molar-refractivity contribution in [1.29, 1.82) is 0 Å². The van der Waals surface area contributed by atoms with Crippen LogP contribution in [-0.2, 0) is 4.79 Å². The van der Waals surface area contributed by atoms with Crippen LogP contribution in [0.5, 0.6) is 0 Å². The zero-order valence-corrected chi connectivity index (χ0v) is 10.6. The van der Waals surface area contributed by atoms with E-state index in [0.717, 1.165) is 16.8 Å². The fourth-order valence-electron chi connectivity index (χ4n) is 1.65. The second kappa shape index (κ2) is 5.96. The van der Waals surface area contributed by atoms with Gasteiger partial charge in [0, 0.05) is 11.8 Å². The summed E-state index contributed by atoms with van der Waals surface area (Å²) in [4.78, 5) is 11.7. The van der Waals surface area contributed by atoms with E-state index >= 15 is 0 Å². The van der Waals surface area contributed by atoms with Crippen molar-refractivity contribution in [2.24, 2.45) is 0 Å². The minimum Gasteiger partial charge on any atom is -0.323 e. The highest BCUT2D eigenvalue weighted by Gasteiger charge is 1.97. The van der Waals surface area contributed by atoms with E-state index in [-0.39, 0.29) is 11.7 Å². The number of nitrogens with one attached hydrogen (secondary N) is 1. The molecule has 0 aliphatic carbocycles. The molecule has 0 aliphatic rings. The van der Waals surface area contributed by atoms with Gasteiger partial charge in [-0.05, 0) is 48.4 Å². The van der Waals surface area contributed by atoms with Crippen molar-refractivity contribution in [2.75, 3.05) is 5.32 Å². The molecule has 0 saturated heterocycles. The molecule has 1 amide bonds. The first-order valence-electron chi connectivity index (χ1n) is 5.95. The summed E-state index contributed by atoms with van der Waals surface area (Å²) in [5.41, 5.74) is 2.62. The standard InChI is InChI=1S/C16H14FNO/c1-12-3-2-4-15(11-12)18-16(19)10-7-13-5-8-14(17)9-6-13/h2-11H,1H3,(H,18,19). The smallest absolute Gasteiger partial charge is 0.248 e. The quantitative estimate of drug-likeness (QED) is 0.831. The van der Waals surface area contributed by atoms with Crippen molar-refractivity contribution in [2.45, 2.75) is 6.92 Å². The number of hydrogen-bond donors (Lipinski definition) is 1. The molecule has 0 heterocycles. The maximum absolute atomic E-state index is 12.7. The molecule has 2 aromatic carbocycles. The zero-order chi connectivity index (χ0) is 13.7. The zero-order valence-electron chi connectivity index (χ0n) is 10.6. The lowest BCUT2D eigenvalue weighted by Crippen LogP contribution is -2.07. The third kappa shape index (κ3) is 4.07. The van der Waals surface area contributed by atoms with Gasteiger partial charge in [-0.2, -0.15) is 0 Å². The summed E-state index contributed by atoms with van der Waals surface area (Å²) in [5.74, 6) is -0.503. The third-order valence-electron chi connectivity index (χ3n) is 2.58. The van der Waals surface area contributed by atoms with Crippen LogP contribution in [0, 0.1) is 12.7 Å². The molecule has 1 N–H and O–H groups in total.